The SMILES string of the molecule is [2H]C1(C(=O)N[C@]([2H])(C#N)C([2H])([2H])[C@@]2([2H])C(=O)NC([2H])([2H])C2([2H])[2H])NCC2C1C2(C([2H])([2H])[2H])C([2H])([2H])[2H]. The Labute approximate surface area is 145 Å². The summed E-state index contributed by atoms with van der Waals surface area (Å²) in [6.07, 6.45) is -7.64. The van der Waals surface area contributed by atoms with Crippen LogP contribution in [0.5, 0.6) is 0 Å². The molecule has 21 heavy (non-hydrogen) atoms. The number of nitrogens with zero attached hydrogens (tertiary/aromatic N) is 1. The van der Waals surface area contributed by atoms with Gasteiger partial charge in [-0.05, 0) is 36.5 Å². The van der Waals surface area contributed by atoms with Crippen LogP contribution in [0.2, 0.25) is 0 Å². The highest BCUT2D eigenvalue weighted by atomic mass is 16.2. The van der Waals surface area contributed by atoms with Crippen molar-refractivity contribution >= 4 is 11.8 Å². The van der Waals surface area contributed by atoms with Crippen LogP contribution in [0.4, 0.5) is 0 Å². The third-order valence-electron chi connectivity index (χ3n) is 3.63. The quantitative estimate of drug-likeness (QED) is 0.668. The number of piperidine rings is 1. The Bertz CT molecular complexity index is 1040. The maximum atomic E-state index is 13.2. The van der Waals surface area contributed by atoms with Crippen LogP contribution in [0.1, 0.15) is 47.0 Å². The molecule has 6 heteroatoms. The van der Waals surface area contributed by atoms with Gasteiger partial charge in [-0.2, -0.15) is 5.26 Å². The number of hydrogen-bond donors (Lipinski definition) is 3. The second kappa shape index (κ2) is 4.99. The zero-order valence-electron chi connectivity index (χ0n) is 25.6. The monoisotopic (exact) mass is 305 g/mol. The Morgan fingerprint density at radius 1 is 1.86 bits per heavy atom. The number of amides is 2. The van der Waals surface area contributed by atoms with Gasteiger partial charge in [0.05, 0.1) is 14.8 Å². The maximum Gasteiger partial charge on any atom is 0.238 e. The van der Waals surface area contributed by atoms with E-state index in [1.165, 1.54) is 10.6 Å². The normalized spacial score (nSPS) is 63.0. The van der Waals surface area contributed by atoms with E-state index in [1.807, 2.05) is 0 Å². The molecule has 3 N–H and O–H groups in total. The van der Waals surface area contributed by atoms with Crippen molar-refractivity contribution in [1.29, 1.82) is 5.26 Å². The predicted octanol–water partition coefficient (Wildman–Crippen LogP) is -0.235. The molecule has 1 saturated carbocycles. The van der Waals surface area contributed by atoms with Gasteiger partial charge >= 0.3 is 0 Å². The zero-order chi connectivity index (χ0) is 28.3. The third-order valence-corrected chi connectivity index (χ3v) is 3.63. The van der Waals surface area contributed by atoms with Crippen LogP contribution in [0, 0.1) is 34.5 Å². The number of fused-ring (bicyclic) bond motifs is 1. The Kier molecular flexibility index (Phi) is 1.18. The van der Waals surface area contributed by atoms with Crippen LogP contribution in [-0.4, -0.2) is 36.9 Å². The van der Waals surface area contributed by atoms with Gasteiger partial charge in [0, 0.05) is 30.2 Å². The van der Waals surface area contributed by atoms with Gasteiger partial charge in [0.15, 0.2) is 0 Å². The molecular formula is C15H22N4O2. The van der Waals surface area contributed by atoms with Crippen molar-refractivity contribution in [1.82, 2.24) is 16.0 Å². The van der Waals surface area contributed by atoms with Gasteiger partial charge in [-0.3, -0.25) is 9.59 Å². The first-order chi connectivity index (χ1) is 15.8. The number of rotatable bonds is 4. The van der Waals surface area contributed by atoms with Gasteiger partial charge in [0.1, 0.15) is 6.02 Å². The van der Waals surface area contributed by atoms with Crippen LogP contribution in [0.15, 0.2) is 0 Å². The van der Waals surface area contributed by atoms with Crippen LogP contribution in [0.3, 0.4) is 0 Å². The van der Waals surface area contributed by atoms with Gasteiger partial charge in [0.2, 0.25) is 11.8 Å². The van der Waals surface area contributed by atoms with E-state index in [1.54, 1.807) is 0 Å². The molecule has 0 aromatic heterocycles. The average molecular weight is 305 g/mol. The molecule has 3 rings (SSSR count). The lowest BCUT2D eigenvalue weighted by molar-refractivity contribution is -0.125. The van der Waals surface area contributed by atoms with Crippen molar-refractivity contribution in [3.8, 4) is 6.07 Å². The molecule has 0 aromatic rings. The van der Waals surface area contributed by atoms with Crippen LogP contribution in [-0.2, 0) is 9.59 Å². The molecule has 3 unspecified atom stereocenters. The lowest BCUT2D eigenvalue weighted by atomic mass is 9.98. The summed E-state index contributed by atoms with van der Waals surface area (Å²) >= 11 is 0. The number of carbonyl (C=O) groups is 2. The van der Waals surface area contributed by atoms with E-state index in [2.05, 4.69) is 5.32 Å². The Morgan fingerprint density at radius 2 is 2.67 bits per heavy atom. The molecule has 1 aliphatic carbocycles. The molecule has 2 aliphatic heterocycles. The summed E-state index contributed by atoms with van der Waals surface area (Å²) in [5.74, 6) is -10.3. The molecule has 114 valence electrons. The van der Waals surface area contributed by atoms with E-state index in [0.29, 0.717) is 0 Å². The number of nitrogens with one attached hydrogen (secondary N) is 3. The summed E-state index contributed by atoms with van der Waals surface area (Å²) in [6.45, 7) is -10.0. The second-order valence-corrected chi connectivity index (χ2v) is 4.89. The number of nitriles is 1. The van der Waals surface area contributed by atoms with E-state index in [9.17, 15) is 14.9 Å². The Morgan fingerprint density at radius 3 is 3.24 bits per heavy atom. The molecule has 0 radical (unpaired) electrons. The smallest absolute Gasteiger partial charge is 0.238 e. The van der Waals surface area contributed by atoms with Crippen LogP contribution < -0.4 is 16.0 Å². The van der Waals surface area contributed by atoms with Crippen LogP contribution in [0.25, 0.3) is 0 Å². The lowest BCUT2D eigenvalue weighted by Gasteiger charge is -2.21. The van der Waals surface area contributed by atoms with Gasteiger partial charge in [0.25, 0.3) is 0 Å². The third kappa shape index (κ3) is 2.40. The fourth-order valence-electron chi connectivity index (χ4n) is 2.47. The number of hydrogen-bond acceptors (Lipinski definition) is 4. The highest BCUT2D eigenvalue weighted by Crippen LogP contribution is 2.62. The summed E-state index contributed by atoms with van der Waals surface area (Å²) in [5, 5.41) is 14.9. The Hall–Kier alpha value is -1.61. The summed E-state index contributed by atoms with van der Waals surface area (Å²) in [5.41, 5.74) is -2.49. The van der Waals surface area contributed by atoms with Gasteiger partial charge < -0.3 is 16.0 Å². The molecule has 5 atom stereocenters. The Balaban J connectivity index is 2.03. The highest BCUT2D eigenvalue weighted by Gasteiger charge is 2.65. The predicted molar refractivity (Wildman–Crippen MR) is 75.8 cm³/mol. The largest absolute Gasteiger partial charge is 0.356 e. The molecule has 3 aliphatic rings. The first-order valence-corrected chi connectivity index (χ1v) is 6.09. The van der Waals surface area contributed by atoms with Crippen molar-refractivity contribution in [3.05, 3.63) is 0 Å². The molecule has 6 nitrogen and oxygen atoms in total. The fraction of sp³-hybridized carbons (Fsp3) is 0.800. The second-order valence-electron chi connectivity index (χ2n) is 4.89. The minimum Gasteiger partial charge on any atom is -0.356 e. The van der Waals surface area contributed by atoms with Gasteiger partial charge in [-0.1, -0.05) is 13.7 Å². The van der Waals surface area contributed by atoms with Crippen LogP contribution >= 0.6 is 0 Å². The van der Waals surface area contributed by atoms with Crippen molar-refractivity contribution < 1.29 is 30.2 Å². The highest BCUT2D eigenvalue weighted by molar-refractivity contribution is 5.84. The minimum atomic E-state index is -3.97. The van der Waals surface area contributed by atoms with Crippen molar-refractivity contribution in [3.63, 3.8) is 0 Å². The summed E-state index contributed by atoms with van der Waals surface area (Å²) < 4.78 is 119. The van der Waals surface area contributed by atoms with Gasteiger partial charge in [-0.15, -0.1) is 0 Å². The van der Waals surface area contributed by atoms with E-state index in [0.717, 1.165) is 6.07 Å². The summed E-state index contributed by atoms with van der Waals surface area (Å²) in [4.78, 5) is 25.6. The van der Waals surface area contributed by atoms with E-state index >= 15 is 0 Å². The van der Waals surface area contributed by atoms with Crippen molar-refractivity contribution in [2.45, 2.75) is 38.5 Å². The molecule has 3 fully saturated rings. The lowest BCUT2D eigenvalue weighted by Crippen LogP contribution is -2.48. The summed E-state index contributed by atoms with van der Waals surface area (Å²) in [6, 6.07) is -5.45. The van der Waals surface area contributed by atoms with E-state index in [4.69, 9.17) is 20.6 Å². The van der Waals surface area contributed by atoms with Crippen molar-refractivity contribution in [2.75, 3.05) is 13.0 Å². The summed E-state index contributed by atoms with van der Waals surface area (Å²) in [7, 11) is 0. The molecule has 2 amide bonds. The van der Waals surface area contributed by atoms with E-state index in [-0.39, 0.29) is 0 Å². The molecular weight excluding hydrogens is 268 g/mol. The molecule has 0 bridgehead atoms. The topological polar surface area (TPSA) is 94.0 Å². The molecule has 2 saturated heterocycles. The van der Waals surface area contributed by atoms with Crippen molar-refractivity contribution in [2.24, 2.45) is 23.1 Å². The average Bonchev–Trinajstić information content (AvgIpc) is 3.27. The number of carbonyl (C=O) groups excluding carboxylic acids is 2. The molecule has 0 aromatic carbocycles. The molecule has 0 spiro atoms. The standard InChI is InChI=1S/C15H22N4O2/c1-15(2)10-7-18-12(11(10)15)14(21)19-9(6-16)5-8-3-4-17-13(8)20/h8-12,18H,3-5,7H2,1-2H3,(H,17,20)(H,19,21)/t8-,9-,10?,11?,12?/m0/s1/i1D3,2D3,3D2,4D2,5D2,8D,9D,12D. The maximum absolute atomic E-state index is 13.2. The minimum absolute atomic E-state index is 0.420. The zero-order valence-corrected chi connectivity index (χ0v) is 10.6. The molecule has 2 heterocycles. The van der Waals surface area contributed by atoms with E-state index < -0.39 is 86.5 Å². The first-order valence-electron chi connectivity index (χ1n) is 13.6. The van der Waals surface area contributed by atoms with Gasteiger partial charge in [-0.25, -0.2) is 0 Å². The first kappa shape index (κ1) is 4.95. The fourth-order valence-corrected chi connectivity index (χ4v) is 2.47.